The fourth-order valence-electron chi connectivity index (χ4n) is 1.51. The SMILES string of the molecule is CCNC(=O)C(C)NC(=O)C(N)c1ccccc1.Cl. The molecule has 0 spiro atoms. The molecule has 5 nitrogen and oxygen atoms in total. The Morgan fingerprint density at radius 2 is 1.79 bits per heavy atom. The van der Waals surface area contributed by atoms with E-state index in [2.05, 4.69) is 10.6 Å². The summed E-state index contributed by atoms with van der Waals surface area (Å²) in [5.74, 6) is -0.578. The molecule has 106 valence electrons. The normalized spacial score (nSPS) is 12.8. The topological polar surface area (TPSA) is 84.2 Å². The Bertz CT molecular complexity index is 412. The van der Waals surface area contributed by atoms with Crippen molar-refractivity contribution in [3.8, 4) is 0 Å². The number of amides is 2. The third-order valence-electron chi connectivity index (χ3n) is 2.54. The van der Waals surface area contributed by atoms with E-state index in [1.54, 1.807) is 19.1 Å². The summed E-state index contributed by atoms with van der Waals surface area (Å²) in [5, 5.41) is 5.22. The van der Waals surface area contributed by atoms with Crippen LogP contribution in [0.15, 0.2) is 30.3 Å². The van der Waals surface area contributed by atoms with E-state index in [0.29, 0.717) is 6.54 Å². The van der Waals surface area contributed by atoms with Crippen molar-refractivity contribution >= 4 is 24.2 Å². The average molecular weight is 286 g/mol. The minimum absolute atomic E-state index is 0. The molecule has 0 aliphatic rings. The van der Waals surface area contributed by atoms with Gasteiger partial charge in [-0.25, -0.2) is 0 Å². The second kappa shape index (κ2) is 8.50. The highest BCUT2D eigenvalue weighted by atomic mass is 35.5. The van der Waals surface area contributed by atoms with Crippen LogP contribution >= 0.6 is 12.4 Å². The largest absolute Gasteiger partial charge is 0.355 e. The molecule has 6 heteroatoms. The van der Waals surface area contributed by atoms with Crippen molar-refractivity contribution in [2.75, 3.05) is 6.54 Å². The maximum absolute atomic E-state index is 11.8. The summed E-state index contributed by atoms with van der Waals surface area (Å²) in [4.78, 5) is 23.3. The van der Waals surface area contributed by atoms with Crippen molar-refractivity contribution < 1.29 is 9.59 Å². The van der Waals surface area contributed by atoms with Crippen LogP contribution in [-0.4, -0.2) is 24.4 Å². The zero-order valence-corrected chi connectivity index (χ0v) is 11.9. The molecular formula is C13H20ClN3O2. The molecule has 4 N–H and O–H groups in total. The molecule has 0 aliphatic heterocycles. The van der Waals surface area contributed by atoms with E-state index in [-0.39, 0.29) is 24.2 Å². The van der Waals surface area contributed by atoms with Gasteiger partial charge in [-0.3, -0.25) is 9.59 Å². The Morgan fingerprint density at radius 1 is 1.21 bits per heavy atom. The van der Waals surface area contributed by atoms with Crippen LogP contribution < -0.4 is 16.4 Å². The minimum atomic E-state index is -0.761. The predicted octanol–water partition coefficient (Wildman–Crippen LogP) is 0.749. The molecule has 0 aliphatic carbocycles. The van der Waals surface area contributed by atoms with Gasteiger partial charge in [0, 0.05) is 6.54 Å². The van der Waals surface area contributed by atoms with E-state index < -0.39 is 12.1 Å². The van der Waals surface area contributed by atoms with Gasteiger partial charge in [0.15, 0.2) is 0 Å². The van der Waals surface area contributed by atoms with E-state index >= 15 is 0 Å². The number of nitrogens with one attached hydrogen (secondary N) is 2. The second-order valence-corrected chi connectivity index (χ2v) is 4.01. The number of hydrogen-bond acceptors (Lipinski definition) is 3. The third kappa shape index (κ3) is 5.28. The van der Waals surface area contributed by atoms with E-state index in [1.165, 1.54) is 0 Å². The van der Waals surface area contributed by atoms with Crippen molar-refractivity contribution in [3.05, 3.63) is 35.9 Å². The van der Waals surface area contributed by atoms with Gasteiger partial charge in [-0.15, -0.1) is 12.4 Å². The maximum atomic E-state index is 11.8. The minimum Gasteiger partial charge on any atom is -0.355 e. The second-order valence-electron chi connectivity index (χ2n) is 4.01. The summed E-state index contributed by atoms with van der Waals surface area (Å²) < 4.78 is 0. The monoisotopic (exact) mass is 285 g/mol. The van der Waals surface area contributed by atoms with Crippen molar-refractivity contribution in [3.63, 3.8) is 0 Å². The highest BCUT2D eigenvalue weighted by molar-refractivity contribution is 5.89. The van der Waals surface area contributed by atoms with Crippen LogP contribution in [-0.2, 0) is 9.59 Å². The molecule has 19 heavy (non-hydrogen) atoms. The van der Waals surface area contributed by atoms with Crippen molar-refractivity contribution in [2.24, 2.45) is 5.73 Å². The van der Waals surface area contributed by atoms with Crippen LogP contribution in [0.3, 0.4) is 0 Å². The molecule has 0 fully saturated rings. The van der Waals surface area contributed by atoms with E-state index in [1.807, 2.05) is 25.1 Å². The molecule has 1 rings (SSSR count). The van der Waals surface area contributed by atoms with Gasteiger partial charge >= 0.3 is 0 Å². The summed E-state index contributed by atoms with van der Waals surface area (Å²) in [6.07, 6.45) is 0. The van der Waals surface area contributed by atoms with Gasteiger partial charge in [0.05, 0.1) is 0 Å². The molecule has 2 unspecified atom stereocenters. The molecule has 1 aromatic rings. The zero-order chi connectivity index (χ0) is 13.5. The summed E-state index contributed by atoms with van der Waals surface area (Å²) in [6.45, 7) is 3.98. The fraction of sp³-hybridized carbons (Fsp3) is 0.385. The first-order valence-corrected chi connectivity index (χ1v) is 5.94. The Kier molecular flexibility index (Phi) is 7.79. The summed E-state index contributed by atoms with van der Waals surface area (Å²) in [6, 6.07) is 7.69. The average Bonchev–Trinajstić information content (AvgIpc) is 2.39. The maximum Gasteiger partial charge on any atom is 0.242 e. The Morgan fingerprint density at radius 3 is 2.32 bits per heavy atom. The molecule has 0 radical (unpaired) electrons. The summed E-state index contributed by atoms with van der Waals surface area (Å²) >= 11 is 0. The van der Waals surface area contributed by atoms with Crippen LogP contribution in [0.1, 0.15) is 25.5 Å². The van der Waals surface area contributed by atoms with Crippen molar-refractivity contribution in [2.45, 2.75) is 25.9 Å². The van der Waals surface area contributed by atoms with Gasteiger partial charge in [0.1, 0.15) is 12.1 Å². The third-order valence-corrected chi connectivity index (χ3v) is 2.54. The van der Waals surface area contributed by atoms with Gasteiger partial charge in [-0.05, 0) is 19.4 Å². The highest BCUT2D eigenvalue weighted by Crippen LogP contribution is 2.09. The highest BCUT2D eigenvalue weighted by Gasteiger charge is 2.20. The number of carbonyl (C=O) groups is 2. The number of nitrogens with two attached hydrogens (primary N) is 1. The lowest BCUT2D eigenvalue weighted by Gasteiger charge is -2.17. The molecule has 0 heterocycles. The van der Waals surface area contributed by atoms with Crippen LogP contribution in [0.5, 0.6) is 0 Å². The van der Waals surface area contributed by atoms with E-state index in [0.717, 1.165) is 5.56 Å². The predicted molar refractivity (Wildman–Crippen MR) is 76.9 cm³/mol. The Labute approximate surface area is 119 Å². The Hall–Kier alpha value is -1.59. The molecule has 0 saturated carbocycles. The quantitative estimate of drug-likeness (QED) is 0.746. The smallest absolute Gasteiger partial charge is 0.242 e. The number of likely N-dealkylation sites (N-methyl/N-ethyl adjacent to an activating group) is 1. The first kappa shape index (κ1) is 17.4. The lowest BCUT2D eigenvalue weighted by molar-refractivity contribution is -0.129. The lowest BCUT2D eigenvalue weighted by atomic mass is 10.1. The van der Waals surface area contributed by atoms with Crippen molar-refractivity contribution in [1.29, 1.82) is 0 Å². The molecule has 2 amide bonds. The number of rotatable bonds is 5. The number of carbonyl (C=O) groups excluding carboxylic acids is 2. The fourth-order valence-corrected chi connectivity index (χ4v) is 1.51. The van der Waals surface area contributed by atoms with Crippen LogP contribution in [0.4, 0.5) is 0 Å². The first-order chi connectivity index (χ1) is 8.56. The zero-order valence-electron chi connectivity index (χ0n) is 11.1. The number of benzene rings is 1. The molecule has 0 saturated heterocycles. The molecular weight excluding hydrogens is 266 g/mol. The number of halogens is 1. The number of hydrogen-bond donors (Lipinski definition) is 3. The molecule has 1 aromatic carbocycles. The van der Waals surface area contributed by atoms with Crippen LogP contribution in [0.2, 0.25) is 0 Å². The van der Waals surface area contributed by atoms with Gasteiger partial charge in [-0.1, -0.05) is 30.3 Å². The lowest BCUT2D eigenvalue weighted by Crippen LogP contribution is -2.47. The van der Waals surface area contributed by atoms with Gasteiger partial charge in [-0.2, -0.15) is 0 Å². The van der Waals surface area contributed by atoms with E-state index in [4.69, 9.17) is 5.73 Å². The standard InChI is InChI=1S/C13H19N3O2.ClH/c1-3-15-12(17)9(2)16-13(18)11(14)10-7-5-4-6-8-10;/h4-9,11H,3,14H2,1-2H3,(H,15,17)(H,16,18);1H. The van der Waals surface area contributed by atoms with Crippen LogP contribution in [0, 0.1) is 0 Å². The van der Waals surface area contributed by atoms with Gasteiger partial charge in [0.25, 0.3) is 0 Å². The molecule has 0 bridgehead atoms. The van der Waals surface area contributed by atoms with Crippen molar-refractivity contribution in [1.82, 2.24) is 10.6 Å². The van der Waals surface area contributed by atoms with E-state index in [9.17, 15) is 9.59 Å². The molecule has 0 aromatic heterocycles. The van der Waals surface area contributed by atoms with Crippen LogP contribution in [0.25, 0.3) is 0 Å². The first-order valence-electron chi connectivity index (χ1n) is 5.94. The summed E-state index contributed by atoms with van der Waals surface area (Å²) in [7, 11) is 0. The molecule has 2 atom stereocenters. The summed E-state index contributed by atoms with van der Waals surface area (Å²) in [5.41, 5.74) is 6.54. The van der Waals surface area contributed by atoms with Gasteiger partial charge in [0.2, 0.25) is 11.8 Å². The Balaban J connectivity index is 0.00000324. The van der Waals surface area contributed by atoms with Gasteiger partial charge < -0.3 is 16.4 Å².